The normalized spacial score (nSPS) is 27.0. The second-order valence-electron chi connectivity index (χ2n) is 5.69. The van der Waals surface area contributed by atoms with E-state index >= 15 is 0 Å². The SMILES string of the molecule is CCC1CCC(CN)(Nc2cccc(OC)c2)CC1. The molecule has 1 fully saturated rings. The molecule has 0 saturated heterocycles. The van der Waals surface area contributed by atoms with E-state index in [4.69, 9.17) is 10.5 Å². The van der Waals surface area contributed by atoms with Gasteiger partial charge in [0.05, 0.1) is 7.11 Å². The molecule has 1 aliphatic carbocycles. The minimum absolute atomic E-state index is 0.0675. The zero-order valence-corrected chi connectivity index (χ0v) is 12.1. The molecule has 1 saturated carbocycles. The molecule has 3 heteroatoms. The number of rotatable bonds is 5. The van der Waals surface area contributed by atoms with E-state index in [0.717, 1.165) is 17.4 Å². The Morgan fingerprint density at radius 2 is 2.11 bits per heavy atom. The van der Waals surface area contributed by atoms with Crippen molar-refractivity contribution in [2.45, 2.75) is 44.6 Å². The van der Waals surface area contributed by atoms with Crippen molar-refractivity contribution >= 4 is 5.69 Å². The van der Waals surface area contributed by atoms with E-state index in [0.29, 0.717) is 6.54 Å². The maximum Gasteiger partial charge on any atom is 0.120 e. The van der Waals surface area contributed by atoms with Crippen molar-refractivity contribution < 1.29 is 4.74 Å². The lowest BCUT2D eigenvalue weighted by Crippen LogP contribution is -2.48. The Bertz CT molecular complexity index is 397. The predicted octanol–water partition coefficient (Wildman–Crippen LogP) is 3.40. The fourth-order valence-electron chi connectivity index (χ4n) is 3.03. The molecule has 106 valence electrons. The molecule has 1 aromatic rings. The fraction of sp³-hybridized carbons (Fsp3) is 0.625. The molecule has 1 aromatic carbocycles. The molecule has 0 aliphatic heterocycles. The van der Waals surface area contributed by atoms with Gasteiger partial charge in [0.25, 0.3) is 0 Å². The van der Waals surface area contributed by atoms with Gasteiger partial charge in [-0.15, -0.1) is 0 Å². The van der Waals surface area contributed by atoms with E-state index in [-0.39, 0.29) is 5.54 Å². The van der Waals surface area contributed by atoms with Crippen LogP contribution in [0.4, 0.5) is 5.69 Å². The maximum absolute atomic E-state index is 6.05. The van der Waals surface area contributed by atoms with Gasteiger partial charge in [-0.3, -0.25) is 0 Å². The van der Waals surface area contributed by atoms with Gasteiger partial charge in [-0.1, -0.05) is 19.4 Å². The van der Waals surface area contributed by atoms with Crippen LogP contribution in [0.1, 0.15) is 39.0 Å². The Morgan fingerprint density at radius 1 is 1.37 bits per heavy atom. The van der Waals surface area contributed by atoms with Crippen molar-refractivity contribution in [2.24, 2.45) is 11.7 Å². The minimum atomic E-state index is 0.0675. The van der Waals surface area contributed by atoms with Crippen LogP contribution < -0.4 is 15.8 Å². The standard InChI is InChI=1S/C16H26N2O/c1-3-13-7-9-16(12-17,10-8-13)18-14-5-4-6-15(11-14)19-2/h4-6,11,13,18H,3,7-10,12,17H2,1-2H3. The van der Waals surface area contributed by atoms with E-state index in [2.05, 4.69) is 18.3 Å². The summed E-state index contributed by atoms with van der Waals surface area (Å²) >= 11 is 0. The van der Waals surface area contributed by atoms with Crippen LogP contribution in [0, 0.1) is 5.92 Å². The maximum atomic E-state index is 6.05. The molecule has 0 radical (unpaired) electrons. The average molecular weight is 262 g/mol. The highest BCUT2D eigenvalue weighted by Crippen LogP contribution is 2.36. The average Bonchev–Trinajstić information content (AvgIpc) is 2.48. The lowest BCUT2D eigenvalue weighted by molar-refractivity contribution is 0.253. The van der Waals surface area contributed by atoms with Crippen LogP contribution in [0.3, 0.4) is 0 Å². The molecule has 0 heterocycles. The highest BCUT2D eigenvalue weighted by atomic mass is 16.5. The summed E-state index contributed by atoms with van der Waals surface area (Å²) in [6.07, 6.45) is 6.19. The summed E-state index contributed by atoms with van der Waals surface area (Å²) in [4.78, 5) is 0. The van der Waals surface area contributed by atoms with Crippen LogP contribution in [-0.2, 0) is 0 Å². The van der Waals surface area contributed by atoms with Gasteiger partial charge >= 0.3 is 0 Å². The van der Waals surface area contributed by atoms with Gasteiger partial charge in [-0.05, 0) is 43.7 Å². The lowest BCUT2D eigenvalue weighted by Gasteiger charge is -2.40. The number of benzene rings is 1. The Balaban J connectivity index is 2.06. The van der Waals surface area contributed by atoms with Gasteiger partial charge in [0.1, 0.15) is 5.75 Å². The highest BCUT2D eigenvalue weighted by molar-refractivity contribution is 5.50. The topological polar surface area (TPSA) is 47.3 Å². The molecule has 2 rings (SSSR count). The van der Waals surface area contributed by atoms with Crippen molar-refractivity contribution in [1.29, 1.82) is 0 Å². The van der Waals surface area contributed by atoms with Crippen LogP contribution >= 0.6 is 0 Å². The highest BCUT2D eigenvalue weighted by Gasteiger charge is 2.33. The third kappa shape index (κ3) is 3.41. The Labute approximate surface area is 116 Å². The van der Waals surface area contributed by atoms with E-state index in [1.807, 2.05) is 18.2 Å². The van der Waals surface area contributed by atoms with Crippen molar-refractivity contribution in [2.75, 3.05) is 19.0 Å². The second-order valence-corrected chi connectivity index (χ2v) is 5.69. The first-order chi connectivity index (χ1) is 9.21. The van der Waals surface area contributed by atoms with Gasteiger partial charge < -0.3 is 15.8 Å². The van der Waals surface area contributed by atoms with Crippen molar-refractivity contribution in [3.63, 3.8) is 0 Å². The van der Waals surface area contributed by atoms with Crippen LogP contribution in [0.25, 0.3) is 0 Å². The lowest BCUT2D eigenvalue weighted by atomic mass is 9.75. The summed E-state index contributed by atoms with van der Waals surface area (Å²) in [5.74, 6) is 1.77. The van der Waals surface area contributed by atoms with Crippen molar-refractivity contribution in [3.8, 4) is 5.75 Å². The zero-order valence-electron chi connectivity index (χ0n) is 12.1. The van der Waals surface area contributed by atoms with Gasteiger partial charge in [0.2, 0.25) is 0 Å². The number of nitrogens with two attached hydrogens (primary N) is 1. The molecule has 0 bridgehead atoms. The molecule has 0 aromatic heterocycles. The van der Waals surface area contributed by atoms with Crippen LogP contribution in [0.2, 0.25) is 0 Å². The van der Waals surface area contributed by atoms with Gasteiger partial charge in [0, 0.05) is 23.8 Å². The molecule has 0 atom stereocenters. The van der Waals surface area contributed by atoms with Crippen LogP contribution in [-0.4, -0.2) is 19.2 Å². The summed E-state index contributed by atoms with van der Waals surface area (Å²) in [5, 5.41) is 3.66. The van der Waals surface area contributed by atoms with E-state index < -0.39 is 0 Å². The summed E-state index contributed by atoms with van der Waals surface area (Å²) in [6.45, 7) is 2.98. The predicted molar refractivity (Wildman–Crippen MR) is 80.7 cm³/mol. The summed E-state index contributed by atoms with van der Waals surface area (Å²) < 4.78 is 5.27. The third-order valence-corrected chi connectivity index (χ3v) is 4.51. The minimum Gasteiger partial charge on any atom is -0.497 e. The molecular formula is C16H26N2O. The summed E-state index contributed by atoms with van der Waals surface area (Å²) in [5.41, 5.74) is 7.23. The Hall–Kier alpha value is -1.22. The first-order valence-corrected chi connectivity index (χ1v) is 7.33. The molecule has 0 spiro atoms. The second kappa shape index (κ2) is 6.29. The molecule has 19 heavy (non-hydrogen) atoms. The first-order valence-electron chi connectivity index (χ1n) is 7.33. The number of methoxy groups -OCH3 is 1. The van der Waals surface area contributed by atoms with Gasteiger partial charge in [0.15, 0.2) is 0 Å². The van der Waals surface area contributed by atoms with Crippen LogP contribution in [0.15, 0.2) is 24.3 Å². The van der Waals surface area contributed by atoms with E-state index in [1.165, 1.54) is 32.1 Å². The van der Waals surface area contributed by atoms with Crippen LogP contribution in [0.5, 0.6) is 5.75 Å². The molecule has 3 nitrogen and oxygen atoms in total. The van der Waals surface area contributed by atoms with Gasteiger partial charge in [-0.25, -0.2) is 0 Å². The molecular weight excluding hydrogens is 236 g/mol. The van der Waals surface area contributed by atoms with Gasteiger partial charge in [-0.2, -0.15) is 0 Å². The third-order valence-electron chi connectivity index (χ3n) is 4.51. The number of hydrogen-bond donors (Lipinski definition) is 2. The molecule has 0 amide bonds. The van der Waals surface area contributed by atoms with E-state index in [1.54, 1.807) is 7.11 Å². The monoisotopic (exact) mass is 262 g/mol. The van der Waals surface area contributed by atoms with E-state index in [9.17, 15) is 0 Å². The smallest absolute Gasteiger partial charge is 0.120 e. The zero-order chi connectivity index (χ0) is 13.7. The molecule has 3 N–H and O–H groups in total. The largest absolute Gasteiger partial charge is 0.497 e. The number of anilines is 1. The summed E-state index contributed by atoms with van der Waals surface area (Å²) in [6, 6.07) is 8.12. The Morgan fingerprint density at radius 3 is 2.68 bits per heavy atom. The summed E-state index contributed by atoms with van der Waals surface area (Å²) in [7, 11) is 1.70. The quantitative estimate of drug-likeness (QED) is 0.855. The molecule has 0 unspecified atom stereocenters. The number of hydrogen-bond acceptors (Lipinski definition) is 3. The first kappa shape index (κ1) is 14.2. The molecule has 1 aliphatic rings. The van der Waals surface area contributed by atoms with Crippen molar-refractivity contribution in [1.82, 2.24) is 0 Å². The number of ether oxygens (including phenoxy) is 1. The Kier molecular flexibility index (Phi) is 4.70. The van der Waals surface area contributed by atoms with Crippen molar-refractivity contribution in [3.05, 3.63) is 24.3 Å². The fourth-order valence-corrected chi connectivity index (χ4v) is 3.03. The number of nitrogens with one attached hydrogen (secondary N) is 1.